The van der Waals surface area contributed by atoms with Gasteiger partial charge in [-0.1, -0.05) is 43.6 Å². The predicted octanol–water partition coefficient (Wildman–Crippen LogP) is 7.76. The van der Waals surface area contributed by atoms with Crippen LogP contribution in [0.2, 0.25) is 12.1 Å². The third-order valence-corrected chi connectivity index (χ3v) is 9.44. The summed E-state index contributed by atoms with van der Waals surface area (Å²) in [4.78, 5) is 3.05. The fraction of sp³-hybridized carbons (Fsp3) is 0.714. The Kier molecular flexibility index (Phi) is 27.1. The van der Waals surface area contributed by atoms with Crippen LogP contribution in [-0.4, -0.2) is 38.3 Å². The fourth-order valence-corrected chi connectivity index (χ4v) is 6.86. The minimum absolute atomic E-state index is 0. The zero-order valence-corrected chi connectivity index (χ0v) is 24.5. The number of nitrogens with zero attached hydrogens (tertiary/aromatic N) is 1. The number of thiophene rings is 1. The first-order valence-corrected chi connectivity index (χ1v) is 15.6. The van der Waals surface area contributed by atoms with E-state index < -0.39 is 0 Å². The predicted molar refractivity (Wildman–Crippen MR) is 167 cm³/mol. The normalized spacial score (nSPS) is 10.4. The highest BCUT2D eigenvalue weighted by Crippen LogP contribution is 2.29. The molecule has 0 saturated carbocycles. The standard InChI is InChI=1S/C12H23NOSi.C12H22OSSi.4CH4/c1-5-12-9-10(2)13(11(12)3)7-6-8-15-14-4;1-5-11-9(2)14-10(3)12(11)7-6-8-15-13-4;;;;/h9H,5-8,15H2,1-4H3;5-8,15H2,1-4H3;4*1H4. The van der Waals surface area contributed by atoms with Crippen molar-refractivity contribution in [3.8, 4) is 0 Å². The van der Waals surface area contributed by atoms with Crippen molar-refractivity contribution >= 4 is 30.9 Å². The molecule has 0 atom stereocenters. The van der Waals surface area contributed by atoms with E-state index in [4.69, 9.17) is 8.85 Å². The Hall–Kier alpha value is -0.666. The molecule has 0 spiro atoms. The molecular weight excluding hydrogens is 471 g/mol. The highest BCUT2D eigenvalue weighted by atomic mass is 32.1. The van der Waals surface area contributed by atoms with Crippen molar-refractivity contribution in [1.29, 1.82) is 0 Å². The van der Waals surface area contributed by atoms with Gasteiger partial charge >= 0.3 is 0 Å². The van der Waals surface area contributed by atoms with E-state index in [2.05, 4.69) is 52.2 Å². The Balaban J connectivity index is -0.000000237. The van der Waals surface area contributed by atoms with Crippen molar-refractivity contribution in [2.24, 2.45) is 0 Å². The Morgan fingerprint density at radius 1 is 0.794 bits per heavy atom. The molecule has 0 bridgehead atoms. The molecule has 0 saturated heterocycles. The molecule has 0 amide bonds. The van der Waals surface area contributed by atoms with Crippen LogP contribution in [0.3, 0.4) is 0 Å². The first kappa shape index (κ1) is 40.5. The first-order valence-electron chi connectivity index (χ1n) is 11.6. The van der Waals surface area contributed by atoms with Crippen LogP contribution in [0.25, 0.3) is 0 Å². The van der Waals surface area contributed by atoms with Crippen molar-refractivity contribution in [3.63, 3.8) is 0 Å². The average molecular weight is 532 g/mol. The molecule has 0 aromatic carbocycles. The van der Waals surface area contributed by atoms with Gasteiger partial charge in [-0.25, -0.2) is 0 Å². The van der Waals surface area contributed by atoms with Crippen LogP contribution < -0.4 is 0 Å². The lowest BCUT2D eigenvalue weighted by Gasteiger charge is -2.09. The third-order valence-electron chi connectivity index (χ3n) is 5.94. The summed E-state index contributed by atoms with van der Waals surface area (Å²) in [6, 6.07) is 4.92. The van der Waals surface area contributed by atoms with Crippen molar-refractivity contribution in [3.05, 3.63) is 43.9 Å². The summed E-state index contributed by atoms with van der Waals surface area (Å²) in [6.07, 6.45) is 6.17. The highest BCUT2D eigenvalue weighted by Gasteiger charge is 2.10. The molecule has 6 heteroatoms. The zero-order chi connectivity index (χ0) is 22.5. The Labute approximate surface area is 223 Å². The first-order chi connectivity index (χ1) is 14.4. The molecule has 0 radical (unpaired) electrons. The molecule has 0 aliphatic heterocycles. The van der Waals surface area contributed by atoms with E-state index >= 15 is 0 Å². The van der Waals surface area contributed by atoms with Crippen LogP contribution in [-0.2, 0) is 34.7 Å². The van der Waals surface area contributed by atoms with Crippen LogP contribution in [0, 0.1) is 27.7 Å². The van der Waals surface area contributed by atoms with Crippen molar-refractivity contribution in [2.75, 3.05) is 14.2 Å². The van der Waals surface area contributed by atoms with Gasteiger partial charge < -0.3 is 13.4 Å². The van der Waals surface area contributed by atoms with Gasteiger partial charge in [0.25, 0.3) is 0 Å². The Morgan fingerprint density at radius 2 is 1.32 bits per heavy atom. The summed E-state index contributed by atoms with van der Waals surface area (Å²) in [6.45, 7) is 14.6. The van der Waals surface area contributed by atoms with Crippen LogP contribution in [0.15, 0.2) is 6.07 Å². The second-order valence-corrected chi connectivity index (χ2v) is 12.9. The molecule has 0 fully saturated rings. The molecule has 34 heavy (non-hydrogen) atoms. The second kappa shape index (κ2) is 22.8. The molecular formula is C28H61NO2SSi2. The van der Waals surface area contributed by atoms with Gasteiger partial charge in [0.15, 0.2) is 19.5 Å². The molecule has 3 nitrogen and oxygen atoms in total. The molecule has 0 unspecified atom stereocenters. The van der Waals surface area contributed by atoms with Gasteiger partial charge in [-0.2, -0.15) is 0 Å². The second-order valence-electron chi connectivity index (χ2n) is 8.08. The molecule has 2 heterocycles. The van der Waals surface area contributed by atoms with Crippen LogP contribution in [0.4, 0.5) is 0 Å². The maximum atomic E-state index is 5.21. The maximum Gasteiger partial charge on any atom is 0.161 e. The topological polar surface area (TPSA) is 23.4 Å². The summed E-state index contributed by atoms with van der Waals surface area (Å²) >= 11 is 1.96. The summed E-state index contributed by atoms with van der Waals surface area (Å²) in [5, 5.41) is 0. The van der Waals surface area contributed by atoms with Crippen LogP contribution in [0.1, 0.15) is 94.2 Å². The SMILES string of the molecule is C.C.C.C.CCc1c(C)sc(C)c1CCC[SiH2]OC.CCc1cc(C)n(CCC[SiH2]OC)c1C. The van der Waals surface area contributed by atoms with E-state index in [0.717, 1.165) is 13.0 Å². The van der Waals surface area contributed by atoms with E-state index in [1.165, 1.54) is 64.5 Å². The lowest BCUT2D eigenvalue weighted by Crippen LogP contribution is -2.04. The van der Waals surface area contributed by atoms with Crippen molar-refractivity contribution < 1.29 is 8.85 Å². The maximum absolute atomic E-state index is 5.21. The Morgan fingerprint density at radius 3 is 1.79 bits per heavy atom. The summed E-state index contributed by atoms with van der Waals surface area (Å²) < 4.78 is 12.9. The lowest BCUT2D eigenvalue weighted by atomic mass is 10.0. The number of hydrogen-bond donors (Lipinski definition) is 0. The van der Waals surface area contributed by atoms with Crippen molar-refractivity contribution in [1.82, 2.24) is 4.57 Å². The quantitative estimate of drug-likeness (QED) is 0.206. The van der Waals surface area contributed by atoms with E-state index in [0.29, 0.717) is 0 Å². The number of hydrogen-bond acceptors (Lipinski definition) is 3. The Bertz CT molecular complexity index is 741. The van der Waals surface area contributed by atoms with E-state index in [1.54, 1.807) is 11.1 Å². The van der Waals surface area contributed by atoms with Gasteiger partial charge in [0.05, 0.1) is 0 Å². The molecule has 2 rings (SSSR count). The molecule has 2 aromatic rings. The smallest absolute Gasteiger partial charge is 0.161 e. The summed E-state index contributed by atoms with van der Waals surface area (Å²) in [7, 11) is 3.22. The van der Waals surface area contributed by atoms with Gasteiger partial charge in [-0.05, 0) is 94.6 Å². The average Bonchev–Trinajstić information content (AvgIpc) is 3.16. The van der Waals surface area contributed by atoms with E-state index in [1.807, 2.05) is 25.6 Å². The van der Waals surface area contributed by atoms with Crippen LogP contribution in [0.5, 0.6) is 0 Å². The molecule has 2 aromatic heterocycles. The molecule has 204 valence electrons. The van der Waals surface area contributed by atoms with Crippen molar-refractivity contribution in [2.45, 2.75) is 122 Å². The lowest BCUT2D eigenvalue weighted by molar-refractivity contribution is 0.437. The highest BCUT2D eigenvalue weighted by molar-refractivity contribution is 7.12. The third kappa shape index (κ3) is 12.9. The minimum atomic E-state index is -0.230. The summed E-state index contributed by atoms with van der Waals surface area (Å²) in [5.41, 5.74) is 7.59. The van der Waals surface area contributed by atoms with Gasteiger partial charge in [0, 0.05) is 41.9 Å². The largest absolute Gasteiger partial charge is 0.427 e. The fourth-order valence-electron chi connectivity index (χ4n) is 4.21. The minimum Gasteiger partial charge on any atom is -0.427 e. The van der Waals surface area contributed by atoms with Gasteiger partial charge in [0.2, 0.25) is 0 Å². The van der Waals surface area contributed by atoms with E-state index in [-0.39, 0.29) is 49.2 Å². The molecule has 0 aliphatic carbocycles. The van der Waals surface area contributed by atoms with Gasteiger partial charge in [-0.15, -0.1) is 11.3 Å². The zero-order valence-electron chi connectivity index (χ0n) is 20.8. The van der Waals surface area contributed by atoms with Gasteiger partial charge in [0.1, 0.15) is 0 Å². The number of aromatic nitrogens is 1. The number of aryl methyl sites for hydroxylation is 4. The molecule has 0 N–H and O–H groups in total. The summed E-state index contributed by atoms with van der Waals surface area (Å²) in [5.74, 6) is 0. The van der Waals surface area contributed by atoms with Crippen LogP contribution >= 0.6 is 11.3 Å². The monoisotopic (exact) mass is 531 g/mol. The number of rotatable bonds is 12. The van der Waals surface area contributed by atoms with Gasteiger partial charge in [-0.3, -0.25) is 0 Å². The van der Waals surface area contributed by atoms with E-state index in [9.17, 15) is 0 Å². The molecule has 0 aliphatic rings.